The van der Waals surface area contributed by atoms with E-state index in [-0.39, 0.29) is 48.0 Å². The van der Waals surface area contributed by atoms with Gasteiger partial charge in [0.1, 0.15) is 0 Å². The summed E-state index contributed by atoms with van der Waals surface area (Å²) >= 11 is 0. The summed E-state index contributed by atoms with van der Waals surface area (Å²) in [6, 6.07) is 6.21. The largest absolute Gasteiger partial charge is 4.00 e. The summed E-state index contributed by atoms with van der Waals surface area (Å²) in [4.78, 5) is 0. The van der Waals surface area contributed by atoms with E-state index in [4.69, 9.17) is 17.2 Å². The molecule has 3 nitrogen and oxygen atoms in total. The van der Waals surface area contributed by atoms with Crippen LogP contribution in [-0.2, 0) is 26.2 Å². The molecule has 24 heavy (non-hydrogen) atoms. The molecule has 0 aliphatic heterocycles. The zero-order chi connectivity index (χ0) is 19.5. The van der Waals surface area contributed by atoms with Crippen molar-refractivity contribution in [3.63, 3.8) is 0 Å². The predicted molar refractivity (Wildman–Crippen MR) is 103 cm³/mol. The van der Waals surface area contributed by atoms with Crippen molar-refractivity contribution in [2.45, 2.75) is 78.9 Å². The smallest absolute Gasteiger partial charge is 0.673 e. The summed E-state index contributed by atoms with van der Waals surface area (Å²) in [6.07, 6.45) is 0. The van der Waals surface area contributed by atoms with Crippen molar-refractivity contribution >= 4 is 14.7 Å². The van der Waals surface area contributed by atoms with Crippen LogP contribution in [0.2, 0.25) is 0 Å². The Balaban J connectivity index is -0.000000113. The van der Waals surface area contributed by atoms with Gasteiger partial charge in [-0.15, -0.1) is 21.8 Å². The normalized spacial score (nSPS) is 11.0. The Morgan fingerprint density at radius 1 is 0.667 bits per heavy atom. The molecular weight excluding hydrogens is 404 g/mol. The Labute approximate surface area is 169 Å². The zero-order valence-electron chi connectivity index (χ0n) is 16.6. The van der Waals surface area contributed by atoms with Gasteiger partial charge in [0.15, 0.2) is 0 Å². The van der Waals surface area contributed by atoms with E-state index in [2.05, 4.69) is 0 Å². The Morgan fingerprint density at radius 3 is 0.917 bits per heavy atom. The molecule has 0 heterocycles. The Bertz CT molecular complexity index is 318. The molecule has 0 unspecified atom stereocenters. The molecule has 0 saturated heterocycles. The van der Waals surface area contributed by atoms with Gasteiger partial charge < -0.3 is 17.2 Å². The average molecular weight is 439 g/mol. The van der Waals surface area contributed by atoms with Gasteiger partial charge in [-0.25, -0.2) is 12.1 Å². The van der Waals surface area contributed by atoms with Crippen LogP contribution in [0.15, 0.2) is 24.3 Å². The quantitative estimate of drug-likeness (QED) is 0.281. The van der Waals surface area contributed by atoms with Gasteiger partial charge in [0.05, 0.1) is 0 Å². The molecule has 0 aliphatic carbocycles. The van der Waals surface area contributed by atoms with Gasteiger partial charge >= 0.3 is 35.7 Å². The summed E-state index contributed by atoms with van der Waals surface area (Å²) in [5.41, 5.74) is 20.1. The van der Waals surface area contributed by atoms with Gasteiger partial charge in [0.2, 0.25) is 0 Å². The number of rotatable bonds is 1. The third-order valence-corrected chi connectivity index (χ3v) is 1.83. The van der Waals surface area contributed by atoms with Crippen LogP contribution in [-0.4, -0.2) is 26.1 Å². The second-order valence-corrected chi connectivity index (χ2v) is 9.54. The van der Waals surface area contributed by atoms with Crippen LogP contribution in [0.4, 0.5) is 8.22 Å². The van der Waals surface area contributed by atoms with Gasteiger partial charge in [-0.3, -0.25) is 8.22 Å². The molecule has 0 spiro atoms. The summed E-state index contributed by atoms with van der Waals surface area (Å²) in [5.74, 6) is 0. The molecule has 1 aromatic rings. The summed E-state index contributed by atoms with van der Waals surface area (Å²) in [6.45, 7) is 16.7. The Hall–Kier alpha value is 0.190. The summed E-state index contributed by atoms with van der Waals surface area (Å²) in [5, 5.41) is 0.241. The minimum Gasteiger partial charge on any atom is -0.673 e. The van der Waals surface area contributed by atoms with E-state index in [0.29, 0.717) is 0 Å². The predicted octanol–water partition coefficient (Wildman–Crippen LogP) is 6.28. The minimum absolute atomic E-state index is 0. The maximum atomic E-state index is 11.7. The van der Waals surface area contributed by atoms with Crippen molar-refractivity contribution in [1.29, 1.82) is 0 Å². The molecule has 0 bridgehead atoms. The first-order chi connectivity index (χ1) is 9.80. The molecular formula is C17H35F2N3SiZr. The first-order valence-electron chi connectivity index (χ1n) is 7.55. The average Bonchev–Trinajstić information content (AvgIpc) is 2.59. The molecule has 140 valence electrons. The second kappa shape index (κ2) is 14.4. The molecule has 0 aliphatic rings. The van der Waals surface area contributed by atoms with Crippen LogP contribution in [0.5, 0.6) is 0 Å². The van der Waals surface area contributed by atoms with E-state index in [1.165, 1.54) is 12.1 Å². The van der Waals surface area contributed by atoms with Gasteiger partial charge in [0, 0.05) is 0 Å². The van der Waals surface area contributed by atoms with Crippen LogP contribution in [0.25, 0.3) is 17.2 Å². The van der Waals surface area contributed by atoms with E-state index < -0.39 is 9.46 Å². The summed E-state index contributed by atoms with van der Waals surface area (Å²) in [7, 11) is -3.48. The van der Waals surface area contributed by atoms with Crippen molar-refractivity contribution in [2.75, 3.05) is 0 Å². The van der Waals surface area contributed by atoms with Crippen LogP contribution in [0.1, 0.15) is 62.3 Å². The summed E-state index contributed by atoms with van der Waals surface area (Å²) < 4.78 is 23.5. The molecule has 0 fully saturated rings. The molecule has 0 saturated carbocycles. The number of hydrogen-bond acceptors (Lipinski definition) is 0. The maximum absolute atomic E-state index is 11.7. The van der Waals surface area contributed by atoms with Gasteiger partial charge in [-0.1, -0.05) is 62.3 Å². The third kappa shape index (κ3) is 79.6. The van der Waals surface area contributed by atoms with Crippen LogP contribution < -0.4 is 5.19 Å². The minimum atomic E-state index is -3.48. The molecule has 1 rings (SSSR count). The van der Waals surface area contributed by atoms with E-state index >= 15 is 0 Å². The first kappa shape index (κ1) is 31.9. The van der Waals surface area contributed by atoms with Crippen molar-refractivity contribution in [2.24, 2.45) is 0 Å². The van der Waals surface area contributed by atoms with Crippen molar-refractivity contribution < 1.29 is 34.4 Å². The van der Waals surface area contributed by atoms with Crippen molar-refractivity contribution in [3.8, 4) is 0 Å². The molecule has 7 heteroatoms. The Kier molecular flexibility index (Phi) is 19.1. The zero-order valence-corrected chi connectivity index (χ0v) is 20.3. The molecule has 3 N–H and O–H groups in total. The number of halogens is 2. The molecule has 0 amide bonds. The SMILES string of the molecule is CC(C)(C)[NH-].CC(C)(C)[NH-].CC(C)(C)[NH-].F[SiH](F)[c-]1cccc1.[Zr+4]. The first-order valence-corrected chi connectivity index (χ1v) is 9.00. The fourth-order valence-corrected chi connectivity index (χ4v) is 1.05. The van der Waals surface area contributed by atoms with Gasteiger partial charge in [-0.05, 0) is 0 Å². The van der Waals surface area contributed by atoms with Crippen molar-refractivity contribution in [1.82, 2.24) is 0 Å². The second-order valence-electron chi connectivity index (χ2n) is 8.27. The standard InChI is InChI=1S/C5H5F2Si.3C4H10N.Zr/c6-8(7)5-3-1-2-4-5;3*1-4(2,3)5;/h1-4,8H;3*5H,1-3H3;/q4*-1;+4. The topological polar surface area (TPSA) is 71.4 Å². The van der Waals surface area contributed by atoms with Gasteiger partial charge in [-0.2, -0.15) is 12.1 Å². The van der Waals surface area contributed by atoms with E-state index in [9.17, 15) is 8.22 Å². The van der Waals surface area contributed by atoms with Crippen molar-refractivity contribution in [3.05, 3.63) is 41.5 Å². The van der Waals surface area contributed by atoms with E-state index in [1.54, 1.807) is 12.1 Å². The Morgan fingerprint density at radius 2 is 0.833 bits per heavy atom. The fraction of sp³-hybridized carbons (Fsp3) is 0.706. The molecule has 0 aromatic heterocycles. The maximum Gasteiger partial charge on any atom is 4.00 e. The monoisotopic (exact) mass is 437 g/mol. The van der Waals surface area contributed by atoms with Crippen LogP contribution in [0.3, 0.4) is 0 Å². The molecule has 1 aromatic carbocycles. The molecule has 0 radical (unpaired) electrons. The van der Waals surface area contributed by atoms with Gasteiger partial charge in [0.25, 0.3) is 0 Å². The van der Waals surface area contributed by atoms with E-state index in [1.807, 2.05) is 62.3 Å². The number of hydrogen-bond donors (Lipinski definition) is 0. The van der Waals surface area contributed by atoms with Crippen LogP contribution >= 0.6 is 0 Å². The molecule has 0 atom stereocenters. The number of nitrogens with one attached hydrogen (secondary N) is 3. The third-order valence-electron chi connectivity index (χ3n) is 0.940. The van der Waals surface area contributed by atoms with E-state index in [0.717, 1.165) is 0 Å². The van der Waals surface area contributed by atoms with Crippen LogP contribution in [0, 0.1) is 0 Å². The fourth-order valence-electron chi connectivity index (χ4n) is 0.534.